The molecule has 2 N–H and O–H groups in total. The van der Waals surface area contributed by atoms with Gasteiger partial charge in [-0.05, 0) is 6.92 Å². The molecule has 0 rings (SSSR count). The lowest BCUT2D eigenvalue weighted by atomic mass is 10.3. The molecule has 0 heterocycles. The van der Waals surface area contributed by atoms with Gasteiger partial charge in [-0.3, -0.25) is 4.79 Å². The molecule has 1 atom stereocenters. The predicted octanol–water partition coefficient (Wildman–Crippen LogP) is -0.463. The van der Waals surface area contributed by atoms with E-state index in [2.05, 4.69) is 5.32 Å². The number of carbonyl (C=O) groups excluding carboxylic acids is 1. The fourth-order valence-electron chi connectivity index (χ4n) is 0.989. The summed E-state index contributed by atoms with van der Waals surface area (Å²) in [6.07, 6.45) is 0.314. The summed E-state index contributed by atoms with van der Waals surface area (Å²) >= 11 is 0. The van der Waals surface area contributed by atoms with Gasteiger partial charge in [-0.2, -0.15) is 0 Å². The number of nitrogens with one attached hydrogen (secondary N) is 1. The van der Waals surface area contributed by atoms with Crippen molar-refractivity contribution in [1.29, 1.82) is 0 Å². The van der Waals surface area contributed by atoms with E-state index in [1.165, 1.54) is 0 Å². The number of methoxy groups -OCH3 is 1. The molecule has 0 saturated heterocycles. The molecule has 1 unspecified atom stereocenters. The molecule has 0 fully saturated rings. The second-order valence-corrected chi connectivity index (χ2v) is 2.84. The first-order valence-corrected chi connectivity index (χ1v) is 4.73. The first-order chi connectivity index (χ1) is 6.74. The minimum atomic E-state index is -0.228. The van der Waals surface area contributed by atoms with Crippen LogP contribution in [0.4, 0.5) is 0 Å². The number of carbonyl (C=O) groups is 1. The highest BCUT2D eigenvalue weighted by Gasteiger charge is 2.07. The van der Waals surface area contributed by atoms with Crippen LogP contribution < -0.4 is 5.32 Å². The zero-order valence-corrected chi connectivity index (χ0v) is 8.78. The molecule has 0 aromatic heterocycles. The molecule has 0 aliphatic carbocycles. The Morgan fingerprint density at radius 1 is 1.57 bits per heavy atom. The van der Waals surface area contributed by atoms with Gasteiger partial charge >= 0.3 is 5.97 Å². The number of esters is 1. The normalized spacial score (nSPS) is 12.5. The van der Waals surface area contributed by atoms with E-state index in [1.807, 2.05) is 0 Å². The van der Waals surface area contributed by atoms with E-state index in [-0.39, 0.29) is 18.6 Å². The quantitative estimate of drug-likeness (QED) is 0.525. The zero-order valence-electron chi connectivity index (χ0n) is 8.78. The minimum Gasteiger partial charge on any atom is -0.466 e. The van der Waals surface area contributed by atoms with Crippen LogP contribution >= 0.6 is 0 Å². The van der Waals surface area contributed by atoms with Crippen LogP contribution in [0.2, 0.25) is 0 Å². The second-order valence-electron chi connectivity index (χ2n) is 2.84. The first kappa shape index (κ1) is 13.4. The molecule has 0 radical (unpaired) electrons. The predicted molar refractivity (Wildman–Crippen MR) is 52.0 cm³/mol. The van der Waals surface area contributed by atoms with Gasteiger partial charge in [-0.15, -0.1) is 0 Å². The Morgan fingerprint density at radius 3 is 2.79 bits per heavy atom. The molecule has 0 aliphatic heterocycles. The van der Waals surface area contributed by atoms with Crippen molar-refractivity contribution in [2.45, 2.75) is 19.4 Å². The third kappa shape index (κ3) is 6.82. The summed E-state index contributed by atoms with van der Waals surface area (Å²) in [6, 6.07) is -0.116. The summed E-state index contributed by atoms with van der Waals surface area (Å²) in [5.74, 6) is -0.228. The standard InChI is InChI=1S/C9H19NO4/c1-3-14-9(12)4-5-10-8(6-11)7-13-2/h8,10-11H,3-7H2,1-2H3. The van der Waals surface area contributed by atoms with E-state index in [4.69, 9.17) is 14.6 Å². The number of hydrogen-bond donors (Lipinski definition) is 2. The fourth-order valence-corrected chi connectivity index (χ4v) is 0.989. The highest BCUT2D eigenvalue weighted by atomic mass is 16.5. The fraction of sp³-hybridized carbons (Fsp3) is 0.889. The highest BCUT2D eigenvalue weighted by Crippen LogP contribution is 1.87. The van der Waals surface area contributed by atoms with Crippen LogP contribution in [0, 0.1) is 0 Å². The Labute approximate surface area is 84.4 Å². The van der Waals surface area contributed by atoms with Crippen molar-refractivity contribution in [3.8, 4) is 0 Å². The summed E-state index contributed by atoms with van der Waals surface area (Å²) in [5.41, 5.74) is 0. The minimum absolute atomic E-state index is 0.00331. The van der Waals surface area contributed by atoms with Crippen molar-refractivity contribution in [3.05, 3.63) is 0 Å². The van der Waals surface area contributed by atoms with Gasteiger partial charge in [0.1, 0.15) is 0 Å². The van der Waals surface area contributed by atoms with Crippen LogP contribution in [0.1, 0.15) is 13.3 Å². The van der Waals surface area contributed by atoms with E-state index in [0.29, 0.717) is 26.2 Å². The molecular formula is C9H19NO4. The largest absolute Gasteiger partial charge is 0.466 e. The maximum Gasteiger partial charge on any atom is 0.307 e. The second kappa shape index (κ2) is 8.93. The molecule has 0 aromatic carbocycles. The Morgan fingerprint density at radius 2 is 2.29 bits per heavy atom. The lowest BCUT2D eigenvalue weighted by Gasteiger charge is -2.14. The van der Waals surface area contributed by atoms with Gasteiger partial charge in [0.05, 0.1) is 32.3 Å². The molecule has 0 aliphatic rings. The third-order valence-electron chi connectivity index (χ3n) is 1.66. The molecular weight excluding hydrogens is 186 g/mol. The van der Waals surface area contributed by atoms with E-state index in [9.17, 15) is 4.79 Å². The van der Waals surface area contributed by atoms with Crippen LogP contribution in [-0.2, 0) is 14.3 Å². The summed E-state index contributed by atoms with van der Waals surface area (Å²) in [7, 11) is 1.57. The van der Waals surface area contributed by atoms with Crippen LogP contribution in [0.25, 0.3) is 0 Å². The van der Waals surface area contributed by atoms with E-state index in [1.54, 1.807) is 14.0 Å². The van der Waals surface area contributed by atoms with Gasteiger partial charge in [0.2, 0.25) is 0 Å². The molecule has 14 heavy (non-hydrogen) atoms. The SMILES string of the molecule is CCOC(=O)CCNC(CO)COC. The smallest absolute Gasteiger partial charge is 0.307 e. The Kier molecular flexibility index (Phi) is 8.51. The molecule has 0 spiro atoms. The Balaban J connectivity index is 3.45. The van der Waals surface area contributed by atoms with Gasteiger partial charge in [0.15, 0.2) is 0 Å². The maximum absolute atomic E-state index is 10.9. The number of hydrogen-bond acceptors (Lipinski definition) is 5. The van der Waals surface area contributed by atoms with E-state index < -0.39 is 0 Å². The van der Waals surface area contributed by atoms with Crippen LogP contribution in [0.15, 0.2) is 0 Å². The number of rotatable bonds is 8. The highest BCUT2D eigenvalue weighted by molar-refractivity contribution is 5.69. The average Bonchev–Trinajstić information content (AvgIpc) is 2.17. The average molecular weight is 205 g/mol. The van der Waals surface area contributed by atoms with Crippen molar-refractivity contribution in [3.63, 3.8) is 0 Å². The van der Waals surface area contributed by atoms with Gasteiger partial charge in [-0.1, -0.05) is 0 Å². The lowest BCUT2D eigenvalue weighted by Crippen LogP contribution is -2.37. The van der Waals surface area contributed by atoms with Gasteiger partial charge in [0.25, 0.3) is 0 Å². The van der Waals surface area contributed by atoms with Crippen molar-refractivity contribution in [1.82, 2.24) is 5.32 Å². The number of aliphatic hydroxyl groups excluding tert-OH is 1. The summed E-state index contributed by atoms with van der Waals surface area (Å²) in [4.78, 5) is 10.9. The van der Waals surface area contributed by atoms with E-state index in [0.717, 1.165) is 0 Å². The third-order valence-corrected chi connectivity index (χ3v) is 1.66. The van der Waals surface area contributed by atoms with Crippen molar-refractivity contribution in [2.75, 3.05) is 33.5 Å². The molecule has 0 aromatic rings. The van der Waals surface area contributed by atoms with Crippen LogP contribution in [0.5, 0.6) is 0 Å². The Bertz CT molecular complexity index is 152. The first-order valence-electron chi connectivity index (χ1n) is 4.73. The van der Waals surface area contributed by atoms with Crippen molar-refractivity contribution < 1.29 is 19.4 Å². The number of aliphatic hydroxyl groups is 1. The van der Waals surface area contributed by atoms with Gasteiger partial charge in [-0.25, -0.2) is 0 Å². The van der Waals surface area contributed by atoms with Gasteiger partial charge in [0, 0.05) is 13.7 Å². The van der Waals surface area contributed by atoms with E-state index >= 15 is 0 Å². The summed E-state index contributed by atoms with van der Waals surface area (Å²) in [6.45, 7) is 3.09. The molecule has 0 amide bonds. The zero-order chi connectivity index (χ0) is 10.8. The van der Waals surface area contributed by atoms with Crippen molar-refractivity contribution >= 4 is 5.97 Å². The topological polar surface area (TPSA) is 67.8 Å². The molecule has 5 heteroatoms. The van der Waals surface area contributed by atoms with Gasteiger partial charge < -0.3 is 19.9 Å². The molecule has 0 bridgehead atoms. The van der Waals surface area contributed by atoms with Crippen LogP contribution in [0.3, 0.4) is 0 Å². The Hall–Kier alpha value is -0.650. The summed E-state index contributed by atoms with van der Waals surface area (Å²) in [5, 5.41) is 11.9. The molecule has 5 nitrogen and oxygen atoms in total. The molecule has 84 valence electrons. The lowest BCUT2D eigenvalue weighted by molar-refractivity contribution is -0.143. The van der Waals surface area contributed by atoms with Crippen molar-refractivity contribution in [2.24, 2.45) is 0 Å². The van der Waals surface area contributed by atoms with Crippen LogP contribution in [-0.4, -0.2) is 50.6 Å². The molecule has 0 saturated carbocycles. The number of ether oxygens (including phenoxy) is 2. The summed E-state index contributed by atoms with van der Waals surface area (Å²) < 4.78 is 9.61. The monoisotopic (exact) mass is 205 g/mol. The maximum atomic E-state index is 10.9.